The van der Waals surface area contributed by atoms with Gasteiger partial charge in [0.1, 0.15) is 5.60 Å². The molecule has 1 heterocycles. The van der Waals surface area contributed by atoms with E-state index >= 15 is 0 Å². The second kappa shape index (κ2) is 7.47. The summed E-state index contributed by atoms with van der Waals surface area (Å²) >= 11 is 0. The second-order valence-corrected chi connectivity index (χ2v) is 7.43. The molecule has 1 aliphatic heterocycles. The summed E-state index contributed by atoms with van der Waals surface area (Å²) in [5.74, 6) is 0.293. The average Bonchev–Trinajstić information content (AvgIpc) is 2.74. The summed E-state index contributed by atoms with van der Waals surface area (Å²) in [7, 11) is 0. The normalized spacial score (nSPS) is 29.5. The van der Waals surface area contributed by atoms with Crippen LogP contribution in [-0.4, -0.2) is 53.5 Å². The lowest BCUT2D eigenvalue weighted by Gasteiger charge is -2.26. The van der Waals surface area contributed by atoms with Crippen molar-refractivity contribution in [2.45, 2.75) is 64.1 Å². The fourth-order valence-electron chi connectivity index (χ4n) is 3.11. The Bertz CT molecular complexity index is 403. The largest absolute Gasteiger partial charge is 0.444 e. The van der Waals surface area contributed by atoms with E-state index in [1.54, 1.807) is 0 Å². The summed E-state index contributed by atoms with van der Waals surface area (Å²) in [6.07, 6.45) is 8.06. The van der Waals surface area contributed by atoms with Crippen LogP contribution in [0.5, 0.6) is 0 Å². The molecule has 5 nitrogen and oxygen atoms in total. The lowest BCUT2D eigenvalue weighted by atomic mass is 10.1. The zero-order valence-corrected chi connectivity index (χ0v) is 14.0. The smallest absolute Gasteiger partial charge is 0.410 e. The number of nitrogens with one attached hydrogen (secondary N) is 1. The van der Waals surface area contributed by atoms with E-state index in [-0.39, 0.29) is 12.7 Å². The molecule has 1 amide bonds. The van der Waals surface area contributed by atoms with E-state index in [1.165, 1.54) is 0 Å². The third-order valence-corrected chi connectivity index (χ3v) is 4.24. The first-order valence-corrected chi connectivity index (χ1v) is 8.40. The molecule has 0 aromatic rings. The molecule has 1 aliphatic carbocycles. The number of ether oxygens (including phenoxy) is 1. The molecule has 0 unspecified atom stereocenters. The van der Waals surface area contributed by atoms with Gasteiger partial charge >= 0.3 is 6.09 Å². The van der Waals surface area contributed by atoms with Crippen LogP contribution in [0.2, 0.25) is 0 Å². The minimum Gasteiger partial charge on any atom is -0.444 e. The van der Waals surface area contributed by atoms with Gasteiger partial charge in [-0.1, -0.05) is 12.2 Å². The lowest BCUT2D eigenvalue weighted by molar-refractivity contribution is 0.0256. The van der Waals surface area contributed by atoms with Crippen molar-refractivity contribution >= 4 is 6.09 Å². The molecular weight excluding hydrogens is 280 g/mol. The van der Waals surface area contributed by atoms with Gasteiger partial charge in [0.15, 0.2) is 0 Å². The quantitative estimate of drug-likeness (QED) is 0.785. The van der Waals surface area contributed by atoms with Crippen molar-refractivity contribution in [1.82, 2.24) is 10.2 Å². The van der Waals surface area contributed by atoms with Gasteiger partial charge in [0.05, 0.1) is 0 Å². The number of likely N-dealkylation sites (tertiary alicyclic amines) is 1. The van der Waals surface area contributed by atoms with Crippen molar-refractivity contribution in [3.8, 4) is 0 Å². The van der Waals surface area contributed by atoms with Crippen LogP contribution in [0.3, 0.4) is 0 Å². The zero-order valence-electron chi connectivity index (χ0n) is 14.0. The number of aliphatic hydroxyl groups excluding tert-OH is 1. The first kappa shape index (κ1) is 17.3. The first-order chi connectivity index (χ1) is 10.4. The Morgan fingerprint density at radius 2 is 2.09 bits per heavy atom. The number of rotatable bonds is 3. The zero-order chi connectivity index (χ0) is 16.2. The highest BCUT2D eigenvalue weighted by Gasteiger charge is 2.27. The highest BCUT2D eigenvalue weighted by molar-refractivity contribution is 5.68. The van der Waals surface area contributed by atoms with Crippen molar-refractivity contribution in [3.63, 3.8) is 0 Å². The minimum absolute atomic E-state index is 0.200. The van der Waals surface area contributed by atoms with Crippen LogP contribution >= 0.6 is 0 Å². The maximum Gasteiger partial charge on any atom is 0.410 e. The fourth-order valence-corrected chi connectivity index (χ4v) is 3.11. The number of carbonyl (C=O) groups excluding carboxylic acids is 1. The molecule has 5 heteroatoms. The maximum atomic E-state index is 12.1. The molecule has 2 aliphatic rings. The summed E-state index contributed by atoms with van der Waals surface area (Å²) in [5.41, 5.74) is -0.436. The highest BCUT2D eigenvalue weighted by atomic mass is 16.6. The predicted octanol–water partition coefficient (Wildman–Crippen LogP) is 2.30. The van der Waals surface area contributed by atoms with Crippen molar-refractivity contribution in [1.29, 1.82) is 0 Å². The van der Waals surface area contributed by atoms with Gasteiger partial charge in [-0.3, -0.25) is 0 Å². The monoisotopic (exact) mass is 310 g/mol. The summed E-state index contributed by atoms with van der Waals surface area (Å²) in [6, 6.07) is 0.787. The van der Waals surface area contributed by atoms with Crippen LogP contribution in [0.25, 0.3) is 0 Å². The highest BCUT2D eigenvalue weighted by Crippen LogP contribution is 2.20. The van der Waals surface area contributed by atoms with Gasteiger partial charge in [0, 0.05) is 37.7 Å². The van der Waals surface area contributed by atoms with E-state index < -0.39 is 5.60 Å². The topological polar surface area (TPSA) is 61.8 Å². The number of aliphatic hydroxyl groups is 1. The van der Waals surface area contributed by atoms with Gasteiger partial charge in [-0.2, -0.15) is 0 Å². The van der Waals surface area contributed by atoms with Crippen LogP contribution < -0.4 is 5.32 Å². The van der Waals surface area contributed by atoms with Crippen LogP contribution in [0.1, 0.15) is 46.5 Å². The number of amides is 1. The Labute approximate surface area is 133 Å². The molecule has 1 saturated heterocycles. The molecule has 126 valence electrons. The first-order valence-electron chi connectivity index (χ1n) is 8.40. The molecule has 3 atom stereocenters. The summed E-state index contributed by atoms with van der Waals surface area (Å²) in [5, 5.41) is 12.8. The van der Waals surface area contributed by atoms with Crippen LogP contribution in [0, 0.1) is 5.92 Å². The Balaban J connectivity index is 1.78. The SMILES string of the molecule is CC(C)(C)OC(=O)N1CCC[C@H](N[C@@H]2C=C[C@H](CO)C2)CC1. The van der Waals surface area contributed by atoms with E-state index in [9.17, 15) is 9.90 Å². The Morgan fingerprint density at radius 1 is 1.32 bits per heavy atom. The van der Waals surface area contributed by atoms with Crippen molar-refractivity contribution < 1.29 is 14.6 Å². The summed E-state index contributed by atoms with van der Waals surface area (Å²) in [4.78, 5) is 14.0. The third kappa shape index (κ3) is 5.29. The van der Waals surface area contributed by atoms with Gasteiger partial charge in [-0.25, -0.2) is 4.79 Å². The molecule has 0 aromatic heterocycles. The summed E-state index contributed by atoms with van der Waals surface area (Å²) < 4.78 is 5.46. The van der Waals surface area contributed by atoms with Crippen LogP contribution in [0.15, 0.2) is 12.2 Å². The van der Waals surface area contributed by atoms with E-state index in [0.717, 1.165) is 38.8 Å². The molecule has 0 aromatic carbocycles. The van der Waals surface area contributed by atoms with Crippen LogP contribution in [-0.2, 0) is 4.74 Å². The molecule has 2 rings (SSSR count). The number of hydrogen-bond acceptors (Lipinski definition) is 4. The molecule has 2 N–H and O–H groups in total. The van der Waals surface area contributed by atoms with Gasteiger partial charge < -0.3 is 20.1 Å². The van der Waals surface area contributed by atoms with E-state index in [0.29, 0.717) is 18.0 Å². The van der Waals surface area contributed by atoms with E-state index in [1.807, 2.05) is 25.7 Å². The molecule has 22 heavy (non-hydrogen) atoms. The maximum absolute atomic E-state index is 12.1. The predicted molar refractivity (Wildman–Crippen MR) is 86.7 cm³/mol. The van der Waals surface area contributed by atoms with Crippen molar-refractivity contribution in [3.05, 3.63) is 12.2 Å². The Kier molecular flexibility index (Phi) is 5.87. The molecule has 1 fully saturated rings. The third-order valence-electron chi connectivity index (χ3n) is 4.24. The van der Waals surface area contributed by atoms with Crippen molar-refractivity contribution in [2.24, 2.45) is 5.92 Å². The fraction of sp³-hybridized carbons (Fsp3) is 0.824. The molecule has 0 radical (unpaired) electrons. The lowest BCUT2D eigenvalue weighted by Crippen LogP contribution is -2.39. The average molecular weight is 310 g/mol. The molecular formula is C17H30N2O3. The standard InChI is InChI=1S/C17H30N2O3/c1-17(2,3)22-16(21)19-9-4-5-14(8-10-19)18-15-7-6-13(11-15)12-20/h6-7,13-15,18,20H,4-5,8-12H2,1-3H3/t13-,14-,15+/m0/s1. The van der Waals surface area contributed by atoms with Gasteiger partial charge in [0.25, 0.3) is 0 Å². The Hall–Kier alpha value is -1.07. The molecule has 0 spiro atoms. The van der Waals surface area contributed by atoms with Gasteiger partial charge in [0.2, 0.25) is 0 Å². The van der Waals surface area contributed by atoms with Crippen LogP contribution in [0.4, 0.5) is 4.79 Å². The molecule has 0 saturated carbocycles. The number of carbonyl (C=O) groups is 1. The Morgan fingerprint density at radius 3 is 2.73 bits per heavy atom. The second-order valence-electron chi connectivity index (χ2n) is 7.43. The van der Waals surface area contributed by atoms with Gasteiger partial charge in [-0.15, -0.1) is 0 Å². The van der Waals surface area contributed by atoms with E-state index in [4.69, 9.17) is 4.74 Å². The molecule has 0 bridgehead atoms. The summed E-state index contributed by atoms with van der Waals surface area (Å²) in [6.45, 7) is 7.44. The van der Waals surface area contributed by atoms with Gasteiger partial charge in [-0.05, 0) is 46.5 Å². The van der Waals surface area contributed by atoms with E-state index in [2.05, 4.69) is 17.5 Å². The van der Waals surface area contributed by atoms with Crippen molar-refractivity contribution in [2.75, 3.05) is 19.7 Å². The number of hydrogen-bond donors (Lipinski definition) is 2. The minimum atomic E-state index is -0.436. The number of nitrogens with zero attached hydrogens (tertiary/aromatic N) is 1.